The molecule has 0 aromatic heterocycles. The van der Waals surface area contributed by atoms with E-state index in [0.29, 0.717) is 18.4 Å². The van der Waals surface area contributed by atoms with Gasteiger partial charge in [0.1, 0.15) is 6.10 Å². The normalized spacial score (nSPS) is 24.2. The molecule has 1 saturated heterocycles. The predicted molar refractivity (Wildman–Crippen MR) is 68.4 cm³/mol. The van der Waals surface area contributed by atoms with Gasteiger partial charge in [0.25, 0.3) is 0 Å². The van der Waals surface area contributed by atoms with E-state index in [-0.39, 0.29) is 11.9 Å². The van der Waals surface area contributed by atoms with Gasteiger partial charge in [0.05, 0.1) is 0 Å². The first kappa shape index (κ1) is 12.3. The topological polar surface area (TPSA) is 26.3 Å². The number of rotatable bonds is 3. The van der Waals surface area contributed by atoms with Crippen LogP contribution in [0.5, 0.6) is 0 Å². The van der Waals surface area contributed by atoms with E-state index in [0.717, 1.165) is 12.0 Å². The molecule has 2 nitrogen and oxygen atoms in total. The molecule has 1 aromatic rings. The van der Waals surface area contributed by atoms with Gasteiger partial charge in [-0.1, -0.05) is 45.0 Å². The zero-order chi connectivity index (χ0) is 12.4. The van der Waals surface area contributed by atoms with Gasteiger partial charge in [0, 0.05) is 12.2 Å². The summed E-state index contributed by atoms with van der Waals surface area (Å²) in [6.45, 7) is 7.09. The van der Waals surface area contributed by atoms with Crippen molar-refractivity contribution in [2.45, 2.75) is 39.2 Å². The maximum Gasteiger partial charge on any atom is 0.191 e. The van der Waals surface area contributed by atoms with Crippen molar-refractivity contribution in [2.75, 3.05) is 6.61 Å². The van der Waals surface area contributed by atoms with Crippen LogP contribution in [0.2, 0.25) is 0 Å². The highest BCUT2D eigenvalue weighted by Gasteiger charge is 2.31. The maximum atomic E-state index is 12.2. The van der Waals surface area contributed by atoms with Crippen molar-refractivity contribution in [1.29, 1.82) is 0 Å². The highest BCUT2D eigenvalue weighted by molar-refractivity contribution is 5.99. The zero-order valence-electron chi connectivity index (χ0n) is 10.8. The molecule has 0 saturated carbocycles. The summed E-state index contributed by atoms with van der Waals surface area (Å²) in [7, 11) is 0. The summed E-state index contributed by atoms with van der Waals surface area (Å²) in [5, 5.41) is 0. The van der Waals surface area contributed by atoms with E-state index in [4.69, 9.17) is 4.74 Å². The Kier molecular flexibility index (Phi) is 3.63. The minimum Gasteiger partial charge on any atom is -0.370 e. The highest BCUT2D eigenvalue weighted by Crippen LogP contribution is 2.24. The zero-order valence-corrected chi connectivity index (χ0v) is 10.8. The first-order chi connectivity index (χ1) is 8.09. The Balaban J connectivity index is 2.14. The maximum absolute atomic E-state index is 12.2. The molecular formula is C15H20O2. The summed E-state index contributed by atoms with van der Waals surface area (Å²) in [4.78, 5) is 12.2. The van der Waals surface area contributed by atoms with Crippen LogP contribution in [0, 0.1) is 5.92 Å². The first-order valence-corrected chi connectivity index (χ1v) is 6.35. The molecule has 2 unspecified atom stereocenters. The number of ketones is 1. The van der Waals surface area contributed by atoms with Crippen LogP contribution in [0.3, 0.4) is 0 Å². The molecule has 2 heteroatoms. The van der Waals surface area contributed by atoms with Crippen molar-refractivity contribution in [3.63, 3.8) is 0 Å². The molecule has 1 heterocycles. The molecule has 0 N–H and O–H groups in total. The van der Waals surface area contributed by atoms with Gasteiger partial charge in [-0.25, -0.2) is 0 Å². The van der Waals surface area contributed by atoms with Crippen molar-refractivity contribution in [2.24, 2.45) is 5.92 Å². The molecule has 1 fully saturated rings. The lowest BCUT2D eigenvalue weighted by Crippen LogP contribution is -2.25. The predicted octanol–water partition coefficient (Wildman–Crippen LogP) is 3.42. The summed E-state index contributed by atoms with van der Waals surface area (Å²) < 4.78 is 5.51. The van der Waals surface area contributed by atoms with E-state index in [2.05, 4.69) is 20.8 Å². The van der Waals surface area contributed by atoms with Crippen LogP contribution in [-0.2, 0) is 4.74 Å². The fraction of sp³-hybridized carbons (Fsp3) is 0.533. The lowest BCUT2D eigenvalue weighted by Gasteiger charge is -2.13. The Bertz CT molecular complexity index is 392. The number of hydrogen-bond acceptors (Lipinski definition) is 2. The lowest BCUT2D eigenvalue weighted by molar-refractivity contribution is 0.0579. The fourth-order valence-corrected chi connectivity index (χ4v) is 2.23. The standard InChI is InChI=1S/C15H20O2/c1-10(2)12-4-6-13(7-5-12)14(16)15-11(3)8-9-17-15/h4-7,10-11,15H,8-9H2,1-3H3. The second kappa shape index (κ2) is 5.01. The fourth-order valence-electron chi connectivity index (χ4n) is 2.23. The van der Waals surface area contributed by atoms with Crippen LogP contribution in [0.4, 0.5) is 0 Å². The molecule has 1 aromatic carbocycles. The minimum atomic E-state index is -0.236. The van der Waals surface area contributed by atoms with Crippen LogP contribution in [0.25, 0.3) is 0 Å². The number of carbonyl (C=O) groups excluding carboxylic acids is 1. The molecule has 0 amide bonds. The van der Waals surface area contributed by atoms with Crippen LogP contribution in [0.1, 0.15) is 49.0 Å². The van der Waals surface area contributed by atoms with E-state index in [1.807, 2.05) is 24.3 Å². The smallest absolute Gasteiger partial charge is 0.191 e. The van der Waals surface area contributed by atoms with E-state index in [1.165, 1.54) is 5.56 Å². The molecule has 2 atom stereocenters. The number of benzene rings is 1. The van der Waals surface area contributed by atoms with Crippen molar-refractivity contribution < 1.29 is 9.53 Å². The Hall–Kier alpha value is -1.15. The molecule has 1 aliphatic heterocycles. The summed E-state index contributed by atoms with van der Waals surface area (Å²) in [6, 6.07) is 7.92. The summed E-state index contributed by atoms with van der Waals surface area (Å²) in [5.41, 5.74) is 2.04. The monoisotopic (exact) mass is 232 g/mol. The third-order valence-electron chi connectivity index (χ3n) is 3.51. The van der Waals surface area contributed by atoms with Gasteiger partial charge in [-0.05, 0) is 23.8 Å². The van der Waals surface area contributed by atoms with Gasteiger partial charge in [-0.3, -0.25) is 4.79 Å². The number of hydrogen-bond donors (Lipinski definition) is 0. The van der Waals surface area contributed by atoms with Crippen molar-refractivity contribution in [3.8, 4) is 0 Å². The van der Waals surface area contributed by atoms with Gasteiger partial charge < -0.3 is 4.74 Å². The molecule has 0 aliphatic carbocycles. The highest BCUT2D eigenvalue weighted by atomic mass is 16.5. The molecule has 1 aliphatic rings. The average molecular weight is 232 g/mol. The van der Waals surface area contributed by atoms with Crippen LogP contribution in [-0.4, -0.2) is 18.5 Å². The first-order valence-electron chi connectivity index (χ1n) is 6.35. The Morgan fingerprint density at radius 3 is 2.41 bits per heavy atom. The molecular weight excluding hydrogens is 212 g/mol. The second-order valence-corrected chi connectivity index (χ2v) is 5.20. The Labute approximate surface area is 103 Å². The van der Waals surface area contributed by atoms with Crippen LogP contribution < -0.4 is 0 Å². The van der Waals surface area contributed by atoms with E-state index in [9.17, 15) is 4.79 Å². The summed E-state index contributed by atoms with van der Waals surface area (Å²) in [5.74, 6) is 0.971. The molecule has 2 rings (SSSR count). The number of Topliss-reactive ketones (excluding diaryl/α,β-unsaturated/α-hetero) is 1. The van der Waals surface area contributed by atoms with Crippen LogP contribution in [0.15, 0.2) is 24.3 Å². The summed E-state index contributed by atoms with van der Waals surface area (Å²) >= 11 is 0. The van der Waals surface area contributed by atoms with Crippen molar-refractivity contribution >= 4 is 5.78 Å². The third-order valence-corrected chi connectivity index (χ3v) is 3.51. The van der Waals surface area contributed by atoms with E-state index >= 15 is 0 Å². The molecule has 17 heavy (non-hydrogen) atoms. The lowest BCUT2D eigenvalue weighted by atomic mass is 9.94. The molecule has 92 valence electrons. The van der Waals surface area contributed by atoms with E-state index < -0.39 is 0 Å². The summed E-state index contributed by atoms with van der Waals surface area (Å²) in [6.07, 6.45) is 0.750. The number of ether oxygens (including phenoxy) is 1. The number of carbonyl (C=O) groups is 1. The van der Waals surface area contributed by atoms with Gasteiger partial charge in [-0.15, -0.1) is 0 Å². The van der Waals surface area contributed by atoms with Crippen molar-refractivity contribution in [3.05, 3.63) is 35.4 Å². The van der Waals surface area contributed by atoms with Gasteiger partial charge in [0.2, 0.25) is 0 Å². The quantitative estimate of drug-likeness (QED) is 0.746. The van der Waals surface area contributed by atoms with Crippen molar-refractivity contribution in [1.82, 2.24) is 0 Å². The van der Waals surface area contributed by atoms with E-state index in [1.54, 1.807) is 0 Å². The van der Waals surface area contributed by atoms with Crippen LogP contribution >= 0.6 is 0 Å². The SMILES string of the molecule is CC(C)c1ccc(C(=O)C2OCCC2C)cc1. The molecule has 0 bridgehead atoms. The third kappa shape index (κ3) is 2.58. The molecule has 0 radical (unpaired) electrons. The largest absolute Gasteiger partial charge is 0.370 e. The Morgan fingerprint density at radius 2 is 1.94 bits per heavy atom. The van der Waals surface area contributed by atoms with Gasteiger partial charge in [-0.2, -0.15) is 0 Å². The second-order valence-electron chi connectivity index (χ2n) is 5.20. The molecule has 0 spiro atoms. The minimum absolute atomic E-state index is 0.130. The Morgan fingerprint density at radius 1 is 1.29 bits per heavy atom. The average Bonchev–Trinajstić information content (AvgIpc) is 2.74. The van der Waals surface area contributed by atoms with Gasteiger partial charge >= 0.3 is 0 Å². The van der Waals surface area contributed by atoms with Gasteiger partial charge in [0.15, 0.2) is 5.78 Å².